The van der Waals surface area contributed by atoms with Gasteiger partial charge < -0.3 is 21.7 Å². The fourth-order valence-electron chi connectivity index (χ4n) is 3.50. The van der Waals surface area contributed by atoms with Crippen LogP contribution in [-0.2, 0) is 0 Å². The highest BCUT2D eigenvalue weighted by atomic mass is 16.1. The molecule has 1 aliphatic heterocycles. The lowest BCUT2D eigenvalue weighted by atomic mass is 10.0. The molecule has 0 aliphatic carbocycles. The number of para-hydroxylation sites is 1. The first-order chi connectivity index (χ1) is 14.0. The van der Waals surface area contributed by atoms with E-state index in [1.165, 1.54) is 12.7 Å². The third-order valence-corrected chi connectivity index (χ3v) is 5.23. The van der Waals surface area contributed by atoms with E-state index in [-0.39, 0.29) is 6.04 Å². The van der Waals surface area contributed by atoms with E-state index in [2.05, 4.69) is 20.2 Å². The fourth-order valence-corrected chi connectivity index (χ4v) is 3.50. The second-order valence-electron chi connectivity index (χ2n) is 7.13. The molecule has 8 heteroatoms. The summed E-state index contributed by atoms with van der Waals surface area (Å²) in [7, 11) is 0. The van der Waals surface area contributed by atoms with Crippen molar-refractivity contribution in [1.82, 2.24) is 14.9 Å². The Kier molecular flexibility index (Phi) is 5.09. The van der Waals surface area contributed by atoms with Gasteiger partial charge in [-0.2, -0.15) is 0 Å². The van der Waals surface area contributed by atoms with Crippen LogP contribution in [0.1, 0.15) is 38.7 Å². The number of anilines is 1. The number of benzene rings is 2. The summed E-state index contributed by atoms with van der Waals surface area (Å²) in [6.45, 7) is 2.89. The van der Waals surface area contributed by atoms with Gasteiger partial charge in [-0.05, 0) is 49.3 Å². The third-order valence-electron chi connectivity index (χ3n) is 5.23. The van der Waals surface area contributed by atoms with E-state index >= 15 is 0 Å². The molecule has 148 valence electrons. The minimum atomic E-state index is -0.528. The zero-order chi connectivity index (χ0) is 20.4. The summed E-state index contributed by atoms with van der Waals surface area (Å²) < 4.78 is 0. The van der Waals surface area contributed by atoms with Crippen molar-refractivity contribution in [2.45, 2.75) is 12.5 Å². The van der Waals surface area contributed by atoms with Crippen molar-refractivity contribution in [3.63, 3.8) is 0 Å². The molecule has 1 fully saturated rings. The molecule has 1 saturated heterocycles. The maximum Gasteiger partial charge on any atom is 0.250 e. The van der Waals surface area contributed by atoms with E-state index < -0.39 is 11.8 Å². The van der Waals surface area contributed by atoms with Gasteiger partial charge in [-0.15, -0.1) is 0 Å². The number of nitrogens with zero attached hydrogens (tertiary/aromatic N) is 3. The van der Waals surface area contributed by atoms with Gasteiger partial charge in [0.2, 0.25) is 5.91 Å². The predicted molar refractivity (Wildman–Crippen MR) is 110 cm³/mol. The Labute approximate surface area is 167 Å². The number of hydrogen-bond donors (Lipinski definition) is 3. The van der Waals surface area contributed by atoms with Crippen LogP contribution in [0.25, 0.3) is 10.9 Å². The van der Waals surface area contributed by atoms with Crippen molar-refractivity contribution in [3.8, 4) is 0 Å². The number of fused-ring (bicyclic) bond motifs is 1. The maximum absolute atomic E-state index is 11.7. The number of hydrogen-bond acceptors (Lipinski definition) is 6. The molecule has 1 aliphatic rings. The maximum atomic E-state index is 11.7. The molecule has 2 heterocycles. The molecule has 4 rings (SSSR count). The average molecular weight is 390 g/mol. The summed E-state index contributed by atoms with van der Waals surface area (Å²) in [5.41, 5.74) is 13.2. The van der Waals surface area contributed by atoms with Crippen molar-refractivity contribution < 1.29 is 9.59 Å². The van der Waals surface area contributed by atoms with Crippen LogP contribution < -0.4 is 16.8 Å². The van der Waals surface area contributed by atoms with Gasteiger partial charge in [-0.1, -0.05) is 18.2 Å². The third kappa shape index (κ3) is 3.88. The topological polar surface area (TPSA) is 127 Å². The van der Waals surface area contributed by atoms with Gasteiger partial charge in [-0.3, -0.25) is 9.59 Å². The highest BCUT2D eigenvalue weighted by molar-refractivity contribution is 6.06. The Bertz CT molecular complexity index is 1060. The van der Waals surface area contributed by atoms with Gasteiger partial charge >= 0.3 is 0 Å². The Morgan fingerprint density at radius 2 is 1.79 bits per heavy atom. The first-order valence-corrected chi connectivity index (χ1v) is 9.45. The molecule has 0 unspecified atom stereocenters. The van der Waals surface area contributed by atoms with Crippen molar-refractivity contribution in [2.24, 2.45) is 11.5 Å². The molecule has 29 heavy (non-hydrogen) atoms. The van der Waals surface area contributed by atoms with Crippen LogP contribution in [0.15, 0.2) is 48.8 Å². The van der Waals surface area contributed by atoms with E-state index in [1.807, 2.05) is 18.2 Å². The molecule has 3 aromatic rings. The van der Waals surface area contributed by atoms with Gasteiger partial charge in [0.1, 0.15) is 12.1 Å². The Morgan fingerprint density at radius 1 is 1.03 bits per heavy atom. The summed E-state index contributed by atoms with van der Waals surface area (Å²) in [5, 5.41) is 4.22. The normalized spacial score (nSPS) is 14.9. The van der Waals surface area contributed by atoms with Gasteiger partial charge in [0.05, 0.1) is 17.1 Å². The number of carbonyl (C=O) groups excluding carboxylic acids is 2. The standard InChI is InChI=1S/C21H22N6O2/c22-19(28)14-7-5-13(6-8-14)17(11-27-9-2-10-27)26-21-16-4-1-3-15(20(23)29)18(16)24-12-25-21/h1,3-8,12,17H,2,9-11H2,(H2,22,28)(H2,23,29)(H,24,25,26)/t17-/m1/s1. The largest absolute Gasteiger partial charge is 0.366 e. The predicted octanol–water partition coefficient (Wildman–Crippen LogP) is 1.69. The molecule has 0 spiro atoms. The summed E-state index contributed by atoms with van der Waals surface area (Å²) in [5.74, 6) is -0.355. The zero-order valence-electron chi connectivity index (χ0n) is 15.8. The van der Waals surface area contributed by atoms with Crippen LogP contribution in [0.3, 0.4) is 0 Å². The second kappa shape index (κ2) is 7.84. The van der Waals surface area contributed by atoms with Crippen molar-refractivity contribution in [1.29, 1.82) is 0 Å². The molecule has 1 atom stereocenters. The van der Waals surface area contributed by atoms with E-state index in [4.69, 9.17) is 11.5 Å². The molecular weight excluding hydrogens is 368 g/mol. The van der Waals surface area contributed by atoms with Gasteiger partial charge in [0.25, 0.3) is 5.91 Å². The molecule has 0 bridgehead atoms. The van der Waals surface area contributed by atoms with Gasteiger partial charge in [-0.25, -0.2) is 9.97 Å². The molecule has 1 aromatic heterocycles. The first kappa shape index (κ1) is 18.8. The number of aromatic nitrogens is 2. The van der Waals surface area contributed by atoms with E-state index in [1.54, 1.807) is 24.3 Å². The quantitative estimate of drug-likeness (QED) is 0.563. The van der Waals surface area contributed by atoms with Crippen LogP contribution in [0.4, 0.5) is 5.82 Å². The zero-order valence-corrected chi connectivity index (χ0v) is 15.8. The summed E-state index contributed by atoms with van der Waals surface area (Å²) in [6, 6.07) is 12.5. The highest BCUT2D eigenvalue weighted by Crippen LogP contribution is 2.27. The summed E-state index contributed by atoms with van der Waals surface area (Å²) >= 11 is 0. The smallest absolute Gasteiger partial charge is 0.250 e. The van der Waals surface area contributed by atoms with Crippen LogP contribution in [0.5, 0.6) is 0 Å². The van der Waals surface area contributed by atoms with Crippen LogP contribution in [0.2, 0.25) is 0 Å². The molecule has 2 aromatic carbocycles. The number of likely N-dealkylation sites (tertiary alicyclic amines) is 1. The Balaban J connectivity index is 1.70. The number of amides is 2. The van der Waals surface area contributed by atoms with Crippen LogP contribution in [0, 0.1) is 0 Å². The van der Waals surface area contributed by atoms with Crippen LogP contribution >= 0.6 is 0 Å². The summed E-state index contributed by atoms with van der Waals surface area (Å²) in [4.78, 5) is 34.1. The molecule has 0 radical (unpaired) electrons. The van der Waals surface area contributed by atoms with E-state index in [0.717, 1.165) is 30.6 Å². The second-order valence-corrected chi connectivity index (χ2v) is 7.13. The lowest BCUT2D eigenvalue weighted by molar-refractivity contribution is 0.0992. The molecule has 8 nitrogen and oxygen atoms in total. The molecule has 2 amide bonds. The average Bonchev–Trinajstić information content (AvgIpc) is 2.69. The minimum absolute atomic E-state index is 0.0624. The number of primary amides is 2. The number of nitrogens with one attached hydrogen (secondary N) is 1. The van der Waals surface area contributed by atoms with Crippen molar-refractivity contribution >= 4 is 28.5 Å². The molecular formula is C21H22N6O2. The molecule has 0 saturated carbocycles. The summed E-state index contributed by atoms with van der Waals surface area (Å²) in [6.07, 6.45) is 2.61. The lowest BCUT2D eigenvalue weighted by Crippen LogP contribution is -2.41. The SMILES string of the molecule is NC(=O)c1ccc([C@@H](CN2CCC2)Nc2ncnc3c(C(N)=O)cccc23)cc1. The van der Waals surface area contributed by atoms with Gasteiger partial charge in [0.15, 0.2) is 0 Å². The van der Waals surface area contributed by atoms with Gasteiger partial charge in [0, 0.05) is 17.5 Å². The van der Waals surface area contributed by atoms with E-state index in [9.17, 15) is 9.59 Å². The molecule has 5 N–H and O–H groups in total. The van der Waals surface area contributed by atoms with E-state index in [0.29, 0.717) is 22.5 Å². The highest BCUT2D eigenvalue weighted by Gasteiger charge is 2.22. The fraction of sp³-hybridized carbons (Fsp3) is 0.238. The number of rotatable bonds is 7. The monoisotopic (exact) mass is 390 g/mol. The Hall–Kier alpha value is -3.52. The van der Waals surface area contributed by atoms with Crippen LogP contribution in [-0.4, -0.2) is 46.3 Å². The minimum Gasteiger partial charge on any atom is -0.366 e. The first-order valence-electron chi connectivity index (χ1n) is 9.45. The van der Waals surface area contributed by atoms with Crippen molar-refractivity contribution in [2.75, 3.05) is 25.0 Å². The van der Waals surface area contributed by atoms with Crippen molar-refractivity contribution in [3.05, 3.63) is 65.5 Å². The Morgan fingerprint density at radius 3 is 2.41 bits per heavy atom. The lowest BCUT2D eigenvalue weighted by Gasteiger charge is -2.35. The number of nitrogens with two attached hydrogens (primary N) is 2. The number of carbonyl (C=O) groups is 2.